The summed E-state index contributed by atoms with van der Waals surface area (Å²) in [6.45, 7) is 1.78. The number of anilines is 1. The van der Waals surface area contributed by atoms with Gasteiger partial charge in [-0.2, -0.15) is 5.10 Å². The van der Waals surface area contributed by atoms with Gasteiger partial charge in [0.2, 0.25) is 0 Å². The van der Waals surface area contributed by atoms with Gasteiger partial charge in [0.1, 0.15) is 6.04 Å². The molecule has 108 valence electrons. The van der Waals surface area contributed by atoms with Crippen LogP contribution in [0.15, 0.2) is 58.4 Å². The largest absolute Gasteiger partial charge is 0.374 e. The number of carbonyl (C=O) groups is 1. The number of rotatable bonds is 5. The molecule has 1 atom stereocenters. The van der Waals surface area contributed by atoms with Gasteiger partial charge in [-0.15, -0.1) is 0 Å². The first-order valence-electron chi connectivity index (χ1n) is 6.40. The Morgan fingerprint density at radius 2 is 2.10 bits per heavy atom. The third-order valence-corrected chi connectivity index (χ3v) is 3.19. The lowest BCUT2D eigenvalue weighted by Gasteiger charge is -2.13. The highest BCUT2D eigenvalue weighted by Crippen LogP contribution is 2.16. The number of benzene rings is 1. The number of hydrogen-bond acceptors (Lipinski definition) is 4. The van der Waals surface area contributed by atoms with E-state index in [-0.39, 0.29) is 5.91 Å². The molecule has 5 nitrogen and oxygen atoms in total. The lowest BCUT2D eigenvalue weighted by molar-refractivity contribution is -0.121. The zero-order valence-electron chi connectivity index (χ0n) is 11.5. The highest BCUT2D eigenvalue weighted by molar-refractivity contribution is 9.10. The van der Waals surface area contributed by atoms with Crippen LogP contribution in [0.5, 0.6) is 0 Å². The topological polar surface area (TPSA) is 66.4 Å². The van der Waals surface area contributed by atoms with E-state index in [1.807, 2.05) is 24.3 Å². The molecular weight excluding hydrogens is 332 g/mol. The zero-order valence-corrected chi connectivity index (χ0v) is 13.0. The predicted molar refractivity (Wildman–Crippen MR) is 87.2 cm³/mol. The van der Waals surface area contributed by atoms with Crippen LogP contribution in [0.2, 0.25) is 0 Å². The predicted octanol–water partition coefficient (Wildman–Crippen LogP) is 2.79. The van der Waals surface area contributed by atoms with E-state index in [4.69, 9.17) is 0 Å². The van der Waals surface area contributed by atoms with Crippen LogP contribution in [0.3, 0.4) is 0 Å². The molecule has 0 radical (unpaired) electrons. The van der Waals surface area contributed by atoms with Crippen LogP contribution < -0.4 is 10.7 Å². The average Bonchev–Trinajstić information content (AvgIpc) is 2.48. The van der Waals surface area contributed by atoms with Crippen molar-refractivity contribution in [2.45, 2.75) is 13.0 Å². The first-order valence-corrected chi connectivity index (χ1v) is 7.19. The van der Waals surface area contributed by atoms with E-state index in [1.54, 1.807) is 37.7 Å². The van der Waals surface area contributed by atoms with Gasteiger partial charge in [0, 0.05) is 22.6 Å². The molecule has 1 unspecified atom stereocenters. The average molecular weight is 347 g/mol. The summed E-state index contributed by atoms with van der Waals surface area (Å²) in [5.41, 5.74) is 4.24. The number of amides is 1. The number of halogens is 1. The molecule has 6 heteroatoms. The standard InChI is InChI=1S/C15H15BrN4O/c1-11(19-14-4-2-3-13(16)9-14)15(21)20-18-10-12-5-7-17-8-6-12/h2-11,19H,1H3,(H,20,21). The molecule has 1 aromatic heterocycles. The van der Waals surface area contributed by atoms with E-state index >= 15 is 0 Å². The second kappa shape index (κ2) is 7.54. The second-order valence-electron chi connectivity index (χ2n) is 4.39. The molecular formula is C15H15BrN4O. The number of pyridine rings is 1. The van der Waals surface area contributed by atoms with Crippen molar-refractivity contribution >= 4 is 33.7 Å². The number of hydrazone groups is 1. The smallest absolute Gasteiger partial charge is 0.262 e. The molecule has 2 N–H and O–H groups in total. The fraction of sp³-hybridized carbons (Fsp3) is 0.133. The van der Waals surface area contributed by atoms with Gasteiger partial charge in [-0.25, -0.2) is 5.43 Å². The normalized spacial score (nSPS) is 12.1. The summed E-state index contributed by atoms with van der Waals surface area (Å²) in [7, 11) is 0. The maximum Gasteiger partial charge on any atom is 0.262 e. The number of nitrogens with zero attached hydrogens (tertiary/aromatic N) is 2. The third-order valence-electron chi connectivity index (χ3n) is 2.70. The Kier molecular flexibility index (Phi) is 5.45. The Hall–Kier alpha value is -2.21. The first kappa shape index (κ1) is 15.2. The molecule has 1 heterocycles. The van der Waals surface area contributed by atoms with Gasteiger partial charge in [0.25, 0.3) is 5.91 Å². The number of aromatic nitrogens is 1. The molecule has 0 aliphatic heterocycles. The van der Waals surface area contributed by atoms with Crippen molar-refractivity contribution in [2.24, 2.45) is 5.10 Å². The molecule has 0 aliphatic carbocycles. The van der Waals surface area contributed by atoms with Crippen molar-refractivity contribution in [3.05, 3.63) is 58.8 Å². The van der Waals surface area contributed by atoms with Crippen LogP contribution in [0, 0.1) is 0 Å². The number of hydrogen-bond donors (Lipinski definition) is 2. The van der Waals surface area contributed by atoms with E-state index in [1.165, 1.54) is 0 Å². The van der Waals surface area contributed by atoms with Gasteiger partial charge < -0.3 is 5.32 Å². The summed E-state index contributed by atoms with van der Waals surface area (Å²) >= 11 is 3.39. The molecule has 0 aliphatic rings. The quantitative estimate of drug-likeness (QED) is 0.646. The minimum absolute atomic E-state index is 0.208. The van der Waals surface area contributed by atoms with Gasteiger partial charge >= 0.3 is 0 Å². The molecule has 0 saturated heterocycles. The fourth-order valence-corrected chi connectivity index (χ4v) is 2.01. The molecule has 21 heavy (non-hydrogen) atoms. The molecule has 1 aromatic carbocycles. The van der Waals surface area contributed by atoms with Crippen LogP contribution in [-0.4, -0.2) is 23.1 Å². The van der Waals surface area contributed by atoms with Crippen molar-refractivity contribution in [1.82, 2.24) is 10.4 Å². The van der Waals surface area contributed by atoms with Crippen molar-refractivity contribution in [1.29, 1.82) is 0 Å². The minimum atomic E-state index is -0.395. The van der Waals surface area contributed by atoms with E-state index in [2.05, 4.69) is 36.8 Å². The highest BCUT2D eigenvalue weighted by atomic mass is 79.9. The summed E-state index contributed by atoms with van der Waals surface area (Å²) in [5.74, 6) is -0.208. The van der Waals surface area contributed by atoms with Crippen molar-refractivity contribution in [2.75, 3.05) is 5.32 Å². The molecule has 2 aromatic rings. The Labute approximate surface area is 131 Å². The Bertz CT molecular complexity index is 631. The van der Waals surface area contributed by atoms with Crippen molar-refractivity contribution < 1.29 is 4.79 Å². The first-order chi connectivity index (χ1) is 10.1. The van der Waals surface area contributed by atoms with Crippen LogP contribution in [0.1, 0.15) is 12.5 Å². The van der Waals surface area contributed by atoms with E-state index < -0.39 is 6.04 Å². The Morgan fingerprint density at radius 1 is 1.33 bits per heavy atom. The molecule has 0 saturated carbocycles. The SMILES string of the molecule is CC(Nc1cccc(Br)c1)C(=O)NN=Cc1ccncc1. The molecule has 0 spiro atoms. The second-order valence-corrected chi connectivity index (χ2v) is 5.31. The van der Waals surface area contributed by atoms with E-state index in [0.29, 0.717) is 0 Å². The van der Waals surface area contributed by atoms with Crippen molar-refractivity contribution in [3.8, 4) is 0 Å². The third kappa shape index (κ3) is 5.00. The summed E-state index contributed by atoms with van der Waals surface area (Å²) < 4.78 is 0.954. The number of nitrogens with one attached hydrogen (secondary N) is 2. The maximum atomic E-state index is 11.9. The minimum Gasteiger partial charge on any atom is -0.374 e. The molecule has 2 rings (SSSR count). The molecule has 1 amide bonds. The zero-order chi connectivity index (χ0) is 15.1. The van der Waals surface area contributed by atoms with Gasteiger partial charge in [-0.3, -0.25) is 9.78 Å². The van der Waals surface area contributed by atoms with E-state index in [9.17, 15) is 4.79 Å². The van der Waals surface area contributed by atoms with Crippen molar-refractivity contribution in [3.63, 3.8) is 0 Å². The molecule has 0 fully saturated rings. The summed E-state index contributed by atoms with van der Waals surface area (Å²) in [6, 6.07) is 10.8. The summed E-state index contributed by atoms with van der Waals surface area (Å²) in [4.78, 5) is 15.8. The van der Waals surface area contributed by atoms with Crippen LogP contribution >= 0.6 is 15.9 Å². The van der Waals surface area contributed by atoms with Gasteiger partial charge in [0.05, 0.1) is 6.21 Å². The van der Waals surface area contributed by atoms with Gasteiger partial charge in [0.15, 0.2) is 0 Å². The van der Waals surface area contributed by atoms with Crippen LogP contribution in [0.25, 0.3) is 0 Å². The lowest BCUT2D eigenvalue weighted by atomic mass is 10.2. The van der Waals surface area contributed by atoms with E-state index in [0.717, 1.165) is 15.7 Å². The summed E-state index contributed by atoms with van der Waals surface area (Å²) in [5, 5.41) is 7.03. The van der Waals surface area contributed by atoms with Gasteiger partial charge in [-0.1, -0.05) is 22.0 Å². The highest BCUT2D eigenvalue weighted by Gasteiger charge is 2.11. The monoisotopic (exact) mass is 346 g/mol. The Balaban J connectivity index is 1.87. The maximum absolute atomic E-state index is 11.9. The van der Waals surface area contributed by atoms with Gasteiger partial charge in [-0.05, 0) is 42.8 Å². The van der Waals surface area contributed by atoms with Crippen LogP contribution in [0.4, 0.5) is 5.69 Å². The fourth-order valence-electron chi connectivity index (χ4n) is 1.61. The summed E-state index contributed by atoms with van der Waals surface area (Å²) in [6.07, 6.45) is 4.91. The lowest BCUT2D eigenvalue weighted by Crippen LogP contribution is -2.34. The molecule has 0 bridgehead atoms. The van der Waals surface area contributed by atoms with Crippen LogP contribution in [-0.2, 0) is 4.79 Å². The Morgan fingerprint density at radius 3 is 2.81 bits per heavy atom. The number of carbonyl (C=O) groups excluding carboxylic acids is 1.